The van der Waals surface area contributed by atoms with Crippen LogP contribution in [0.3, 0.4) is 0 Å². The minimum atomic E-state index is -0.633. The Bertz CT molecular complexity index is 687. The van der Waals surface area contributed by atoms with Crippen molar-refractivity contribution in [2.45, 2.75) is 19.5 Å². The number of carbonyl (C=O) groups is 2. The largest absolute Gasteiger partial charge is 0.497 e. The number of urea groups is 1. The van der Waals surface area contributed by atoms with E-state index in [4.69, 9.17) is 4.74 Å². The Hall–Kier alpha value is -2.86. The molecule has 6 nitrogen and oxygen atoms in total. The van der Waals surface area contributed by atoms with Crippen LogP contribution in [0, 0.1) is 0 Å². The number of ether oxygens (including phenoxy) is 1. The molecular weight excluding hydrogens is 318 g/mol. The molecule has 0 bridgehead atoms. The Morgan fingerprint density at radius 1 is 1.04 bits per heavy atom. The van der Waals surface area contributed by atoms with Gasteiger partial charge in [-0.3, -0.25) is 15.4 Å². The van der Waals surface area contributed by atoms with Crippen LogP contribution in [0.5, 0.6) is 5.75 Å². The molecule has 25 heavy (non-hydrogen) atoms. The molecule has 0 aromatic heterocycles. The second-order valence-electron chi connectivity index (χ2n) is 5.42. The second-order valence-corrected chi connectivity index (χ2v) is 5.42. The summed E-state index contributed by atoms with van der Waals surface area (Å²) in [5.41, 5.74) is 1.80. The van der Waals surface area contributed by atoms with E-state index < -0.39 is 18.0 Å². The number of benzene rings is 2. The van der Waals surface area contributed by atoms with Gasteiger partial charge in [0.1, 0.15) is 11.8 Å². The van der Waals surface area contributed by atoms with Gasteiger partial charge in [0, 0.05) is 13.1 Å². The maximum Gasteiger partial charge on any atom is 0.321 e. The zero-order chi connectivity index (χ0) is 18.1. The quantitative estimate of drug-likeness (QED) is 0.722. The lowest BCUT2D eigenvalue weighted by atomic mass is 10.1. The molecule has 0 aliphatic heterocycles. The van der Waals surface area contributed by atoms with E-state index in [1.807, 2.05) is 54.6 Å². The topological polar surface area (TPSA) is 79.5 Å². The Morgan fingerprint density at radius 2 is 1.72 bits per heavy atom. The van der Waals surface area contributed by atoms with Gasteiger partial charge < -0.3 is 10.1 Å². The number of hydrogen-bond donors (Lipinski definition) is 3. The van der Waals surface area contributed by atoms with Gasteiger partial charge in [0.25, 0.3) is 0 Å². The molecule has 0 saturated heterocycles. The third-order valence-corrected chi connectivity index (χ3v) is 3.64. The minimum Gasteiger partial charge on any atom is -0.497 e. The van der Waals surface area contributed by atoms with Crippen molar-refractivity contribution in [2.24, 2.45) is 0 Å². The molecule has 0 radical (unpaired) electrons. The van der Waals surface area contributed by atoms with Crippen LogP contribution in [0.2, 0.25) is 0 Å². The Kier molecular flexibility index (Phi) is 6.98. The van der Waals surface area contributed by atoms with Gasteiger partial charge in [0.2, 0.25) is 5.91 Å². The molecule has 0 saturated carbocycles. The first kappa shape index (κ1) is 18.5. The van der Waals surface area contributed by atoms with Gasteiger partial charge >= 0.3 is 6.03 Å². The van der Waals surface area contributed by atoms with E-state index in [0.29, 0.717) is 13.1 Å². The Labute approximate surface area is 147 Å². The van der Waals surface area contributed by atoms with Crippen LogP contribution in [0.4, 0.5) is 4.79 Å². The van der Waals surface area contributed by atoms with Crippen LogP contribution in [-0.4, -0.2) is 25.6 Å². The number of hydrogen-bond acceptors (Lipinski definition) is 4. The van der Waals surface area contributed by atoms with Crippen molar-refractivity contribution in [1.29, 1.82) is 0 Å². The summed E-state index contributed by atoms with van der Waals surface area (Å²) in [6, 6.07) is 15.7. The van der Waals surface area contributed by atoms with Crippen molar-refractivity contribution in [3.8, 4) is 5.75 Å². The molecule has 6 heteroatoms. The van der Waals surface area contributed by atoms with Crippen molar-refractivity contribution in [3.63, 3.8) is 0 Å². The highest BCUT2D eigenvalue weighted by Crippen LogP contribution is 2.15. The summed E-state index contributed by atoms with van der Waals surface area (Å²) in [5.74, 6) is 0.378. The van der Waals surface area contributed by atoms with Crippen LogP contribution in [0.1, 0.15) is 24.1 Å². The van der Waals surface area contributed by atoms with E-state index in [1.165, 1.54) is 0 Å². The van der Waals surface area contributed by atoms with Crippen LogP contribution in [-0.2, 0) is 11.3 Å². The summed E-state index contributed by atoms with van der Waals surface area (Å²) >= 11 is 0. The molecular formula is C19H23N3O3. The molecule has 3 amide bonds. The Balaban J connectivity index is 2.08. The smallest absolute Gasteiger partial charge is 0.321 e. The van der Waals surface area contributed by atoms with Crippen molar-refractivity contribution >= 4 is 11.9 Å². The molecule has 2 aromatic carbocycles. The lowest BCUT2D eigenvalue weighted by Gasteiger charge is -2.18. The molecule has 0 aliphatic carbocycles. The first-order valence-corrected chi connectivity index (χ1v) is 8.14. The van der Waals surface area contributed by atoms with Gasteiger partial charge in [-0.15, -0.1) is 0 Å². The molecule has 0 fully saturated rings. The van der Waals surface area contributed by atoms with Gasteiger partial charge in [0.15, 0.2) is 0 Å². The van der Waals surface area contributed by atoms with Crippen molar-refractivity contribution in [3.05, 3.63) is 65.7 Å². The van der Waals surface area contributed by atoms with E-state index in [2.05, 4.69) is 16.0 Å². The van der Waals surface area contributed by atoms with Crippen LogP contribution in [0.15, 0.2) is 54.6 Å². The fourth-order valence-corrected chi connectivity index (χ4v) is 2.36. The number of carbonyl (C=O) groups excluding carboxylic acids is 2. The number of rotatable bonds is 7. The summed E-state index contributed by atoms with van der Waals surface area (Å²) in [7, 11) is 1.62. The third-order valence-electron chi connectivity index (χ3n) is 3.64. The maximum absolute atomic E-state index is 12.5. The second kappa shape index (κ2) is 9.44. The monoisotopic (exact) mass is 341 g/mol. The average molecular weight is 341 g/mol. The van der Waals surface area contributed by atoms with Crippen molar-refractivity contribution in [1.82, 2.24) is 16.0 Å². The molecule has 3 N–H and O–H groups in total. The third kappa shape index (κ3) is 5.61. The SMILES string of the molecule is CCNC(=O)NC(=O)[C@H](NCc1ccc(OC)cc1)c1ccccc1. The fraction of sp³-hybridized carbons (Fsp3) is 0.263. The molecule has 2 rings (SSSR count). The van der Waals surface area contributed by atoms with E-state index >= 15 is 0 Å². The fourth-order valence-electron chi connectivity index (χ4n) is 2.36. The normalized spacial score (nSPS) is 11.4. The van der Waals surface area contributed by atoms with Crippen molar-refractivity contribution in [2.75, 3.05) is 13.7 Å². The van der Waals surface area contributed by atoms with E-state index in [1.54, 1.807) is 14.0 Å². The predicted molar refractivity (Wildman–Crippen MR) is 96.2 cm³/mol. The summed E-state index contributed by atoms with van der Waals surface area (Å²) in [4.78, 5) is 24.1. The lowest BCUT2D eigenvalue weighted by molar-refractivity contribution is -0.122. The number of methoxy groups -OCH3 is 1. The lowest BCUT2D eigenvalue weighted by Crippen LogP contribution is -2.44. The highest BCUT2D eigenvalue weighted by atomic mass is 16.5. The van der Waals surface area contributed by atoms with Crippen LogP contribution >= 0.6 is 0 Å². The first-order chi connectivity index (χ1) is 12.1. The average Bonchev–Trinajstić information content (AvgIpc) is 2.63. The standard InChI is InChI=1S/C19H23N3O3/c1-3-20-19(24)22-18(23)17(15-7-5-4-6-8-15)21-13-14-9-11-16(25-2)12-10-14/h4-12,17,21H,3,13H2,1-2H3,(H2,20,22,23,24)/t17-/m1/s1. The number of amides is 3. The van der Waals surface area contributed by atoms with Crippen LogP contribution < -0.4 is 20.7 Å². The van der Waals surface area contributed by atoms with E-state index in [-0.39, 0.29) is 0 Å². The van der Waals surface area contributed by atoms with Crippen LogP contribution in [0.25, 0.3) is 0 Å². The molecule has 0 heterocycles. The molecule has 2 aromatic rings. The maximum atomic E-state index is 12.5. The molecule has 0 aliphatic rings. The molecule has 0 unspecified atom stereocenters. The highest BCUT2D eigenvalue weighted by molar-refractivity contribution is 5.97. The molecule has 0 spiro atoms. The Morgan fingerprint density at radius 3 is 2.32 bits per heavy atom. The van der Waals surface area contributed by atoms with Crippen molar-refractivity contribution < 1.29 is 14.3 Å². The van der Waals surface area contributed by atoms with Gasteiger partial charge in [-0.25, -0.2) is 4.79 Å². The van der Waals surface area contributed by atoms with Gasteiger partial charge in [0.05, 0.1) is 7.11 Å². The molecule has 132 valence electrons. The van der Waals surface area contributed by atoms with E-state index in [0.717, 1.165) is 16.9 Å². The minimum absolute atomic E-state index is 0.398. The zero-order valence-corrected chi connectivity index (χ0v) is 14.4. The van der Waals surface area contributed by atoms with E-state index in [9.17, 15) is 9.59 Å². The number of imide groups is 1. The van der Waals surface area contributed by atoms with Gasteiger partial charge in [-0.2, -0.15) is 0 Å². The highest BCUT2D eigenvalue weighted by Gasteiger charge is 2.21. The predicted octanol–water partition coefficient (Wildman–Crippen LogP) is 2.37. The first-order valence-electron chi connectivity index (χ1n) is 8.14. The number of nitrogens with one attached hydrogen (secondary N) is 3. The van der Waals surface area contributed by atoms with Gasteiger partial charge in [-0.1, -0.05) is 42.5 Å². The zero-order valence-electron chi connectivity index (χ0n) is 14.4. The summed E-state index contributed by atoms with van der Waals surface area (Å²) in [6.45, 7) is 2.72. The molecule has 1 atom stereocenters. The summed E-state index contributed by atoms with van der Waals surface area (Å²) in [5, 5.41) is 8.12. The summed E-state index contributed by atoms with van der Waals surface area (Å²) < 4.78 is 5.14. The summed E-state index contributed by atoms with van der Waals surface area (Å²) in [6.07, 6.45) is 0. The van der Waals surface area contributed by atoms with Gasteiger partial charge in [-0.05, 0) is 30.2 Å².